The Morgan fingerprint density at radius 2 is 2.28 bits per heavy atom. The van der Waals surface area contributed by atoms with Crippen molar-refractivity contribution < 1.29 is 14.3 Å². The predicted molar refractivity (Wildman–Crippen MR) is 62.8 cm³/mol. The average Bonchev–Trinajstić information content (AvgIpc) is 2.37. The molecule has 0 aromatic carbocycles. The van der Waals surface area contributed by atoms with Gasteiger partial charge in [0.05, 0.1) is 18.1 Å². The minimum atomic E-state index is -0.658. The van der Waals surface area contributed by atoms with Gasteiger partial charge >= 0.3 is 5.97 Å². The van der Waals surface area contributed by atoms with Crippen LogP contribution < -0.4 is 5.32 Å². The van der Waals surface area contributed by atoms with Crippen LogP contribution in [-0.4, -0.2) is 30.0 Å². The summed E-state index contributed by atoms with van der Waals surface area (Å²) in [5.74, 6) is -1.12. The molecule has 0 saturated heterocycles. The molecule has 1 heterocycles. The van der Waals surface area contributed by atoms with Gasteiger partial charge in [-0.1, -0.05) is 11.6 Å². The predicted octanol–water partition coefficient (Wildman–Crippen LogP) is 0.922. The number of nitrogens with one attached hydrogen (secondary N) is 1. The molecule has 0 saturated carbocycles. The zero-order valence-corrected chi connectivity index (χ0v) is 10.1. The number of carbonyl (C=O) groups excluding carboxylic acids is 2. The molecule has 1 N–H and O–H groups in total. The maximum absolute atomic E-state index is 11.5. The van der Waals surface area contributed by atoms with Gasteiger partial charge < -0.3 is 10.1 Å². The van der Waals surface area contributed by atoms with Gasteiger partial charge in [-0.05, 0) is 12.1 Å². The summed E-state index contributed by atoms with van der Waals surface area (Å²) in [6, 6.07) is 4.78. The van der Waals surface area contributed by atoms with E-state index in [0.29, 0.717) is 0 Å². The summed E-state index contributed by atoms with van der Waals surface area (Å²) in [5.41, 5.74) is 0.212. The lowest BCUT2D eigenvalue weighted by atomic mass is 10.3. The first-order valence-electron chi connectivity index (χ1n) is 5.06. The first kappa shape index (κ1) is 13.9. The molecule has 0 fully saturated rings. The summed E-state index contributed by atoms with van der Waals surface area (Å²) >= 11 is 5.56. The SMILES string of the molecule is N#CCCNC(=O)COC(=O)c1ccc(Cl)nc1. The van der Waals surface area contributed by atoms with Gasteiger partial charge in [0.2, 0.25) is 0 Å². The largest absolute Gasteiger partial charge is 0.452 e. The van der Waals surface area contributed by atoms with Crippen LogP contribution in [-0.2, 0) is 9.53 Å². The Kier molecular flexibility index (Phi) is 5.61. The fraction of sp³-hybridized carbons (Fsp3) is 0.273. The Hall–Kier alpha value is -2.13. The molecule has 1 amide bonds. The maximum Gasteiger partial charge on any atom is 0.340 e. The number of nitrogens with zero attached hydrogens (tertiary/aromatic N) is 2. The number of amides is 1. The topological polar surface area (TPSA) is 92.1 Å². The van der Waals surface area contributed by atoms with Gasteiger partial charge in [-0.15, -0.1) is 0 Å². The van der Waals surface area contributed by atoms with Crippen LogP contribution in [0.15, 0.2) is 18.3 Å². The van der Waals surface area contributed by atoms with Crippen LogP contribution in [0, 0.1) is 11.3 Å². The quantitative estimate of drug-likeness (QED) is 0.486. The zero-order chi connectivity index (χ0) is 13.4. The molecule has 1 aromatic heterocycles. The lowest BCUT2D eigenvalue weighted by molar-refractivity contribution is -0.124. The van der Waals surface area contributed by atoms with Crippen LogP contribution >= 0.6 is 11.6 Å². The van der Waals surface area contributed by atoms with Crippen molar-refractivity contribution in [3.63, 3.8) is 0 Å². The number of pyridine rings is 1. The van der Waals surface area contributed by atoms with Gasteiger partial charge in [0.15, 0.2) is 6.61 Å². The van der Waals surface area contributed by atoms with Gasteiger partial charge in [0.1, 0.15) is 5.15 Å². The Bertz CT molecular complexity index is 467. The number of hydrogen-bond acceptors (Lipinski definition) is 5. The molecule has 94 valence electrons. The normalized spacial score (nSPS) is 9.33. The van der Waals surface area contributed by atoms with Crippen LogP contribution in [0.3, 0.4) is 0 Å². The van der Waals surface area contributed by atoms with Gasteiger partial charge in [0, 0.05) is 12.7 Å². The molecule has 7 heteroatoms. The second kappa shape index (κ2) is 7.25. The fourth-order valence-corrected chi connectivity index (χ4v) is 1.13. The number of aromatic nitrogens is 1. The molecule has 1 rings (SSSR count). The Labute approximate surface area is 109 Å². The first-order chi connectivity index (χ1) is 8.63. The zero-order valence-electron chi connectivity index (χ0n) is 9.35. The molecule has 6 nitrogen and oxygen atoms in total. The smallest absolute Gasteiger partial charge is 0.340 e. The Morgan fingerprint density at radius 1 is 1.50 bits per heavy atom. The number of hydrogen-bond donors (Lipinski definition) is 1. The number of esters is 1. The van der Waals surface area contributed by atoms with Crippen molar-refractivity contribution in [3.05, 3.63) is 29.0 Å². The van der Waals surface area contributed by atoms with E-state index in [9.17, 15) is 9.59 Å². The van der Waals surface area contributed by atoms with E-state index >= 15 is 0 Å². The highest BCUT2D eigenvalue weighted by Gasteiger charge is 2.10. The molecule has 1 aromatic rings. The highest BCUT2D eigenvalue weighted by atomic mass is 35.5. The van der Waals surface area contributed by atoms with E-state index < -0.39 is 18.5 Å². The van der Waals surface area contributed by atoms with E-state index in [4.69, 9.17) is 21.6 Å². The van der Waals surface area contributed by atoms with Crippen molar-refractivity contribution in [2.45, 2.75) is 6.42 Å². The number of ether oxygens (including phenoxy) is 1. The van der Waals surface area contributed by atoms with Crippen molar-refractivity contribution >= 4 is 23.5 Å². The first-order valence-corrected chi connectivity index (χ1v) is 5.43. The van der Waals surface area contributed by atoms with E-state index in [1.807, 2.05) is 6.07 Å². The van der Waals surface area contributed by atoms with E-state index in [2.05, 4.69) is 10.3 Å². The van der Waals surface area contributed by atoms with Crippen molar-refractivity contribution in [1.29, 1.82) is 5.26 Å². The highest BCUT2D eigenvalue weighted by molar-refractivity contribution is 6.29. The fourth-order valence-electron chi connectivity index (χ4n) is 1.02. The van der Waals surface area contributed by atoms with Crippen molar-refractivity contribution in [2.24, 2.45) is 0 Å². The van der Waals surface area contributed by atoms with Crippen LogP contribution in [0.5, 0.6) is 0 Å². The lowest BCUT2D eigenvalue weighted by Crippen LogP contribution is -2.29. The van der Waals surface area contributed by atoms with Gasteiger partial charge in [0.25, 0.3) is 5.91 Å². The summed E-state index contributed by atoms with van der Waals surface area (Å²) in [6.45, 7) is -0.164. The Morgan fingerprint density at radius 3 is 2.89 bits per heavy atom. The third kappa shape index (κ3) is 4.80. The van der Waals surface area contributed by atoms with E-state index in [-0.39, 0.29) is 23.7 Å². The Balaban J connectivity index is 2.35. The molecule has 0 aliphatic heterocycles. The van der Waals surface area contributed by atoms with Crippen molar-refractivity contribution in [3.8, 4) is 6.07 Å². The minimum Gasteiger partial charge on any atom is -0.452 e. The molecule has 0 bridgehead atoms. The minimum absolute atomic E-state index is 0.209. The van der Waals surface area contributed by atoms with E-state index in [0.717, 1.165) is 0 Å². The molecular formula is C11H10ClN3O3. The second-order valence-electron chi connectivity index (χ2n) is 3.20. The molecule has 0 unspecified atom stereocenters. The van der Waals surface area contributed by atoms with Crippen LogP contribution in [0.25, 0.3) is 0 Å². The summed E-state index contributed by atoms with van der Waals surface area (Å²) < 4.78 is 4.74. The van der Waals surface area contributed by atoms with Gasteiger partial charge in [-0.3, -0.25) is 4.79 Å². The summed E-state index contributed by atoms with van der Waals surface area (Å²) in [4.78, 5) is 26.3. The summed E-state index contributed by atoms with van der Waals surface area (Å²) in [7, 11) is 0. The van der Waals surface area contributed by atoms with E-state index in [1.54, 1.807) is 0 Å². The van der Waals surface area contributed by atoms with Gasteiger partial charge in [-0.2, -0.15) is 5.26 Å². The number of carbonyl (C=O) groups is 2. The molecule has 0 radical (unpaired) electrons. The molecule has 0 atom stereocenters. The second-order valence-corrected chi connectivity index (χ2v) is 3.59. The van der Waals surface area contributed by atoms with Crippen LogP contribution in [0.1, 0.15) is 16.8 Å². The molecule has 18 heavy (non-hydrogen) atoms. The van der Waals surface area contributed by atoms with E-state index in [1.165, 1.54) is 18.3 Å². The molecule has 0 spiro atoms. The average molecular weight is 268 g/mol. The third-order valence-electron chi connectivity index (χ3n) is 1.86. The summed E-state index contributed by atoms with van der Waals surface area (Å²) in [5, 5.41) is 11.0. The lowest BCUT2D eigenvalue weighted by Gasteiger charge is -2.04. The highest BCUT2D eigenvalue weighted by Crippen LogP contribution is 2.06. The van der Waals surface area contributed by atoms with Crippen molar-refractivity contribution in [1.82, 2.24) is 10.3 Å². The summed E-state index contributed by atoms with van der Waals surface area (Å²) in [6.07, 6.45) is 1.47. The monoisotopic (exact) mass is 267 g/mol. The standard InChI is InChI=1S/C11H10ClN3O3/c12-9-3-2-8(6-15-9)11(17)18-7-10(16)14-5-1-4-13/h2-3,6H,1,5,7H2,(H,14,16). The number of nitriles is 1. The van der Waals surface area contributed by atoms with Gasteiger partial charge in [-0.25, -0.2) is 9.78 Å². The van der Waals surface area contributed by atoms with Crippen molar-refractivity contribution in [2.75, 3.05) is 13.2 Å². The molecular weight excluding hydrogens is 258 g/mol. The maximum atomic E-state index is 11.5. The third-order valence-corrected chi connectivity index (χ3v) is 2.08. The number of rotatable bonds is 5. The number of halogens is 1. The van der Waals surface area contributed by atoms with Crippen LogP contribution in [0.2, 0.25) is 5.15 Å². The molecule has 0 aliphatic carbocycles. The van der Waals surface area contributed by atoms with Crippen LogP contribution in [0.4, 0.5) is 0 Å². The molecule has 0 aliphatic rings.